The summed E-state index contributed by atoms with van der Waals surface area (Å²) in [6.07, 6.45) is 1.38. The Morgan fingerprint density at radius 1 is 1.09 bits per heavy atom. The van der Waals surface area contributed by atoms with Crippen molar-refractivity contribution in [1.82, 2.24) is 9.55 Å². The van der Waals surface area contributed by atoms with Crippen molar-refractivity contribution in [2.45, 2.75) is 52.7 Å². The number of carboxylic acid groups (broad SMARTS) is 1. The molecule has 3 aromatic rings. The number of imidazole rings is 1. The Morgan fingerprint density at radius 2 is 1.79 bits per heavy atom. The van der Waals surface area contributed by atoms with Crippen LogP contribution in [0.1, 0.15) is 72.0 Å². The fourth-order valence-electron chi connectivity index (χ4n) is 3.84. The first kappa shape index (κ1) is 24.2. The number of hydrogen-bond acceptors (Lipinski definition) is 5. The Labute approximate surface area is 193 Å². The number of rotatable bonds is 9. The molecular formula is C26H30N2O5. The monoisotopic (exact) mass is 450 g/mol. The van der Waals surface area contributed by atoms with Gasteiger partial charge in [-0.3, -0.25) is 0 Å². The van der Waals surface area contributed by atoms with E-state index in [1.54, 1.807) is 37.5 Å². The zero-order chi connectivity index (χ0) is 24.2. The van der Waals surface area contributed by atoms with Gasteiger partial charge in [0.2, 0.25) is 0 Å². The SMILES string of the molecule is CCCc1nc(C(C)(C)O)c(C(=O)OCC)n1Cc1ccc(-c2ccccc2)c(C(=O)O)c1. The summed E-state index contributed by atoms with van der Waals surface area (Å²) in [6.45, 7) is 7.29. The van der Waals surface area contributed by atoms with E-state index in [2.05, 4.69) is 4.98 Å². The van der Waals surface area contributed by atoms with Crippen molar-refractivity contribution >= 4 is 11.9 Å². The number of hydrogen-bond donors (Lipinski definition) is 2. The van der Waals surface area contributed by atoms with Gasteiger partial charge < -0.3 is 19.5 Å². The van der Waals surface area contributed by atoms with Gasteiger partial charge in [-0.2, -0.15) is 0 Å². The van der Waals surface area contributed by atoms with Gasteiger partial charge in [0.05, 0.1) is 12.2 Å². The van der Waals surface area contributed by atoms with Crippen LogP contribution in [0.2, 0.25) is 0 Å². The maximum Gasteiger partial charge on any atom is 0.357 e. The highest BCUT2D eigenvalue weighted by atomic mass is 16.5. The summed E-state index contributed by atoms with van der Waals surface area (Å²) in [4.78, 5) is 29.5. The van der Waals surface area contributed by atoms with E-state index in [4.69, 9.17) is 4.74 Å². The number of carboxylic acids is 1. The summed E-state index contributed by atoms with van der Waals surface area (Å²) < 4.78 is 7.00. The molecule has 1 aromatic heterocycles. The molecule has 2 aromatic carbocycles. The van der Waals surface area contributed by atoms with Gasteiger partial charge in [-0.05, 0) is 49.9 Å². The summed E-state index contributed by atoms with van der Waals surface area (Å²) in [6, 6.07) is 14.6. The average molecular weight is 451 g/mol. The van der Waals surface area contributed by atoms with E-state index >= 15 is 0 Å². The highest BCUT2D eigenvalue weighted by Crippen LogP contribution is 2.29. The molecule has 1 heterocycles. The van der Waals surface area contributed by atoms with Crippen LogP contribution in [-0.2, 0) is 23.3 Å². The van der Waals surface area contributed by atoms with Crippen LogP contribution in [0.15, 0.2) is 48.5 Å². The molecule has 7 heteroatoms. The highest BCUT2D eigenvalue weighted by Gasteiger charge is 2.32. The molecule has 0 atom stereocenters. The number of nitrogens with zero attached hydrogens (tertiary/aromatic N) is 2. The Kier molecular flexibility index (Phi) is 7.33. The minimum Gasteiger partial charge on any atom is -0.478 e. The third-order valence-electron chi connectivity index (χ3n) is 5.31. The quantitative estimate of drug-likeness (QED) is 0.460. The van der Waals surface area contributed by atoms with Gasteiger partial charge >= 0.3 is 11.9 Å². The summed E-state index contributed by atoms with van der Waals surface area (Å²) in [5.74, 6) is -0.955. The second-order valence-electron chi connectivity index (χ2n) is 8.39. The molecule has 0 aliphatic heterocycles. The van der Waals surface area contributed by atoms with E-state index in [0.717, 1.165) is 12.0 Å². The van der Waals surface area contributed by atoms with Crippen LogP contribution < -0.4 is 0 Å². The Balaban J connectivity index is 2.13. The smallest absolute Gasteiger partial charge is 0.357 e. The lowest BCUT2D eigenvalue weighted by molar-refractivity contribution is 0.0469. The molecule has 0 radical (unpaired) electrons. The topological polar surface area (TPSA) is 102 Å². The van der Waals surface area contributed by atoms with Gasteiger partial charge in [0.15, 0.2) is 5.69 Å². The van der Waals surface area contributed by atoms with E-state index in [0.29, 0.717) is 23.4 Å². The zero-order valence-electron chi connectivity index (χ0n) is 19.5. The molecule has 0 fully saturated rings. The second kappa shape index (κ2) is 10.0. The fraction of sp³-hybridized carbons (Fsp3) is 0.346. The normalized spacial score (nSPS) is 11.4. The first-order valence-corrected chi connectivity index (χ1v) is 11.1. The van der Waals surface area contributed by atoms with Crippen molar-refractivity contribution in [1.29, 1.82) is 0 Å². The molecule has 0 aliphatic rings. The van der Waals surface area contributed by atoms with Gasteiger partial charge in [-0.15, -0.1) is 0 Å². The molecule has 0 amide bonds. The number of aromatic nitrogens is 2. The van der Waals surface area contributed by atoms with Crippen LogP contribution in [0.5, 0.6) is 0 Å². The van der Waals surface area contributed by atoms with Gasteiger partial charge in [0, 0.05) is 13.0 Å². The van der Waals surface area contributed by atoms with E-state index in [-0.39, 0.29) is 30.1 Å². The molecule has 0 aliphatic carbocycles. The van der Waals surface area contributed by atoms with Crippen LogP contribution >= 0.6 is 0 Å². The largest absolute Gasteiger partial charge is 0.478 e. The Morgan fingerprint density at radius 3 is 2.36 bits per heavy atom. The standard InChI is InChI=1S/C26H30N2O5/c1-5-10-21-27-23(26(3,4)32)22(25(31)33-6-2)28(21)16-17-13-14-19(20(15-17)24(29)30)18-11-8-7-9-12-18/h7-9,11-15,32H,5-6,10,16H2,1-4H3,(H,29,30). The van der Waals surface area contributed by atoms with Crippen molar-refractivity contribution in [3.8, 4) is 11.1 Å². The molecule has 7 nitrogen and oxygen atoms in total. The summed E-state index contributed by atoms with van der Waals surface area (Å²) in [5.41, 5.74) is 1.41. The van der Waals surface area contributed by atoms with Gasteiger partial charge in [-0.25, -0.2) is 14.6 Å². The predicted octanol–water partition coefficient (Wildman–Crippen LogP) is 4.65. The number of carbonyl (C=O) groups is 2. The average Bonchev–Trinajstić information content (AvgIpc) is 3.13. The third-order valence-corrected chi connectivity index (χ3v) is 5.31. The van der Waals surface area contributed by atoms with Crippen LogP contribution in [0.4, 0.5) is 0 Å². The van der Waals surface area contributed by atoms with Gasteiger partial charge in [0.25, 0.3) is 0 Å². The predicted molar refractivity (Wildman–Crippen MR) is 125 cm³/mol. The van der Waals surface area contributed by atoms with Gasteiger partial charge in [0.1, 0.15) is 17.1 Å². The maximum atomic E-state index is 12.9. The number of carbonyl (C=O) groups excluding carboxylic acids is 1. The van der Waals surface area contributed by atoms with Crippen molar-refractivity contribution < 1.29 is 24.5 Å². The van der Waals surface area contributed by atoms with Crippen molar-refractivity contribution in [3.05, 3.63) is 76.9 Å². The third kappa shape index (κ3) is 5.31. The van der Waals surface area contributed by atoms with E-state index in [1.165, 1.54) is 0 Å². The molecule has 174 valence electrons. The minimum absolute atomic E-state index is 0.177. The molecule has 0 spiro atoms. The number of benzene rings is 2. The first-order chi connectivity index (χ1) is 15.7. The molecule has 2 N–H and O–H groups in total. The maximum absolute atomic E-state index is 12.9. The molecule has 3 rings (SSSR count). The Bertz CT molecular complexity index is 1140. The van der Waals surface area contributed by atoms with Crippen LogP contribution in [0, 0.1) is 0 Å². The van der Waals surface area contributed by atoms with E-state index in [1.807, 2.05) is 43.3 Å². The van der Waals surface area contributed by atoms with Crippen LogP contribution in [0.25, 0.3) is 11.1 Å². The summed E-state index contributed by atoms with van der Waals surface area (Å²) in [5, 5.41) is 20.5. The van der Waals surface area contributed by atoms with Gasteiger partial charge in [-0.1, -0.05) is 49.4 Å². The molecule has 0 unspecified atom stereocenters. The zero-order valence-corrected chi connectivity index (χ0v) is 19.5. The van der Waals surface area contributed by atoms with E-state index in [9.17, 15) is 19.8 Å². The first-order valence-electron chi connectivity index (χ1n) is 11.1. The molecule has 33 heavy (non-hydrogen) atoms. The second-order valence-corrected chi connectivity index (χ2v) is 8.39. The molecule has 0 bridgehead atoms. The molecule has 0 saturated carbocycles. The Hall–Kier alpha value is -3.45. The number of aromatic carboxylic acids is 1. The lowest BCUT2D eigenvalue weighted by Crippen LogP contribution is -2.23. The van der Waals surface area contributed by atoms with Crippen molar-refractivity contribution in [2.75, 3.05) is 6.61 Å². The fourth-order valence-corrected chi connectivity index (χ4v) is 3.84. The molecular weight excluding hydrogens is 420 g/mol. The summed E-state index contributed by atoms with van der Waals surface area (Å²) in [7, 11) is 0. The van der Waals surface area contributed by atoms with E-state index < -0.39 is 17.5 Å². The number of ether oxygens (including phenoxy) is 1. The lowest BCUT2D eigenvalue weighted by atomic mass is 9.97. The lowest BCUT2D eigenvalue weighted by Gasteiger charge is -2.18. The van der Waals surface area contributed by atoms with Crippen LogP contribution in [0.3, 0.4) is 0 Å². The number of esters is 1. The summed E-state index contributed by atoms with van der Waals surface area (Å²) >= 11 is 0. The van der Waals surface area contributed by atoms with Crippen molar-refractivity contribution in [2.24, 2.45) is 0 Å². The molecule has 0 saturated heterocycles. The minimum atomic E-state index is -1.35. The number of aliphatic hydroxyl groups is 1. The highest BCUT2D eigenvalue weighted by molar-refractivity contribution is 5.96. The van der Waals surface area contributed by atoms with Crippen molar-refractivity contribution in [3.63, 3.8) is 0 Å². The van der Waals surface area contributed by atoms with Crippen LogP contribution in [-0.4, -0.2) is 38.3 Å². The number of aryl methyl sites for hydroxylation is 1.